The van der Waals surface area contributed by atoms with Gasteiger partial charge in [0.05, 0.1) is 35.5 Å². The van der Waals surface area contributed by atoms with Crippen LogP contribution in [0.25, 0.3) is 22.3 Å². The molecule has 218 valence electrons. The number of halogens is 4. The molecule has 0 fully saturated rings. The van der Waals surface area contributed by atoms with Crippen molar-refractivity contribution >= 4 is 23.2 Å². The van der Waals surface area contributed by atoms with Crippen molar-refractivity contribution in [1.29, 1.82) is 0 Å². The molecule has 0 bridgehead atoms. The number of amides is 2. The van der Waals surface area contributed by atoms with Gasteiger partial charge in [-0.05, 0) is 53.4 Å². The first-order valence-electron chi connectivity index (χ1n) is 13.0. The minimum atomic E-state index is -4.59. The van der Waals surface area contributed by atoms with Crippen molar-refractivity contribution in [1.82, 2.24) is 15.0 Å². The largest absolute Gasteiger partial charge is 0.424 e. The summed E-state index contributed by atoms with van der Waals surface area (Å²) in [5.74, 6) is 0.0487. The Kier molecular flexibility index (Phi) is 8.19. The van der Waals surface area contributed by atoms with E-state index in [1.807, 2.05) is 19.1 Å². The quantitative estimate of drug-likeness (QED) is 0.166. The van der Waals surface area contributed by atoms with Crippen LogP contribution in [0.1, 0.15) is 18.1 Å². The van der Waals surface area contributed by atoms with Crippen LogP contribution in [-0.4, -0.2) is 21.0 Å². The maximum Gasteiger partial charge on any atom is 0.416 e. The fourth-order valence-corrected chi connectivity index (χ4v) is 4.36. The molecule has 43 heavy (non-hydrogen) atoms. The standard InChI is InChI=1S/C31H24F4N6O2/c1-2-18-5-3-4-6-24(18)25-12-9-20(31(33,34)35)13-27(25)41-29(42)40-22-16-38-30(39-17-22)43-23-10-7-19(8-11-23)26-14-21(32)15-37-28(26)36/h3-17H,2H2,1H3,(H2,36,37)(H2,40,41,42). The van der Waals surface area contributed by atoms with E-state index in [0.717, 1.165) is 23.9 Å². The average Bonchev–Trinajstić information content (AvgIpc) is 2.99. The minimum Gasteiger partial charge on any atom is -0.424 e. The average molecular weight is 589 g/mol. The predicted octanol–water partition coefficient (Wildman–Crippen LogP) is 7.94. The summed E-state index contributed by atoms with van der Waals surface area (Å²) in [7, 11) is 0. The van der Waals surface area contributed by atoms with Crippen LogP contribution < -0.4 is 21.1 Å². The molecule has 0 aliphatic carbocycles. The van der Waals surface area contributed by atoms with Crippen molar-refractivity contribution in [2.24, 2.45) is 0 Å². The normalized spacial score (nSPS) is 11.2. The fourth-order valence-electron chi connectivity index (χ4n) is 4.36. The molecular weight excluding hydrogens is 564 g/mol. The van der Waals surface area contributed by atoms with Gasteiger partial charge in [0.2, 0.25) is 0 Å². The summed E-state index contributed by atoms with van der Waals surface area (Å²) in [5.41, 5.74) is 8.25. The highest BCUT2D eigenvalue weighted by atomic mass is 19.4. The fraction of sp³-hybridized carbons (Fsp3) is 0.0968. The molecular formula is C31H24F4N6O2. The molecule has 0 radical (unpaired) electrons. The number of nitrogen functional groups attached to an aromatic ring is 1. The summed E-state index contributed by atoms with van der Waals surface area (Å²) in [6, 6.07) is 17.6. The summed E-state index contributed by atoms with van der Waals surface area (Å²) in [6.45, 7) is 1.94. The van der Waals surface area contributed by atoms with Crippen LogP contribution in [-0.2, 0) is 12.6 Å². The molecule has 5 aromatic rings. The Bertz CT molecular complexity index is 1760. The summed E-state index contributed by atoms with van der Waals surface area (Å²) >= 11 is 0. The van der Waals surface area contributed by atoms with E-state index in [2.05, 4.69) is 25.6 Å². The van der Waals surface area contributed by atoms with E-state index >= 15 is 0 Å². The van der Waals surface area contributed by atoms with E-state index in [4.69, 9.17) is 10.5 Å². The zero-order valence-electron chi connectivity index (χ0n) is 22.6. The number of benzene rings is 3. The number of urea groups is 1. The van der Waals surface area contributed by atoms with E-state index in [0.29, 0.717) is 34.4 Å². The number of rotatable bonds is 7. The molecule has 4 N–H and O–H groups in total. The van der Waals surface area contributed by atoms with Gasteiger partial charge in [-0.25, -0.2) is 24.1 Å². The van der Waals surface area contributed by atoms with Gasteiger partial charge < -0.3 is 21.1 Å². The first kappa shape index (κ1) is 29.0. The van der Waals surface area contributed by atoms with Crippen molar-refractivity contribution < 1.29 is 27.1 Å². The molecule has 2 heterocycles. The zero-order chi connectivity index (χ0) is 30.6. The molecule has 5 rings (SSSR count). The van der Waals surface area contributed by atoms with E-state index in [1.165, 1.54) is 24.5 Å². The van der Waals surface area contributed by atoms with Crippen molar-refractivity contribution in [3.05, 3.63) is 108 Å². The minimum absolute atomic E-state index is 0.00618. The van der Waals surface area contributed by atoms with Gasteiger partial charge in [0.1, 0.15) is 17.4 Å². The highest BCUT2D eigenvalue weighted by Crippen LogP contribution is 2.37. The second kappa shape index (κ2) is 12.1. The van der Waals surface area contributed by atoms with Gasteiger partial charge in [-0.15, -0.1) is 0 Å². The van der Waals surface area contributed by atoms with Crippen molar-refractivity contribution in [3.63, 3.8) is 0 Å². The topological polar surface area (TPSA) is 115 Å². The van der Waals surface area contributed by atoms with Crippen LogP contribution >= 0.6 is 0 Å². The van der Waals surface area contributed by atoms with Crippen LogP contribution in [0.5, 0.6) is 11.8 Å². The molecule has 8 nitrogen and oxygen atoms in total. The number of hydrogen-bond donors (Lipinski definition) is 3. The van der Waals surface area contributed by atoms with E-state index in [-0.39, 0.29) is 23.2 Å². The van der Waals surface area contributed by atoms with E-state index < -0.39 is 23.6 Å². The van der Waals surface area contributed by atoms with Gasteiger partial charge in [-0.3, -0.25) is 0 Å². The summed E-state index contributed by atoms with van der Waals surface area (Å²) in [6.07, 6.45) is -0.337. The number of ether oxygens (including phenoxy) is 1. The summed E-state index contributed by atoms with van der Waals surface area (Å²) in [4.78, 5) is 24.8. The Hall–Kier alpha value is -5.52. The number of nitrogens with two attached hydrogens (primary N) is 1. The molecule has 0 saturated carbocycles. The number of hydrogen-bond acceptors (Lipinski definition) is 6. The molecule has 0 aliphatic rings. The third-order valence-electron chi connectivity index (χ3n) is 6.43. The number of pyridine rings is 1. The van der Waals surface area contributed by atoms with Crippen LogP contribution in [0.2, 0.25) is 0 Å². The maximum absolute atomic E-state index is 13.6. The Morgan fingerprint density at radius 2 is 1.58 bits per heavy atom. The predicted molar refractivity (Wildman–Crippen MR) is 155 cm³/mol. The maximum atomic E-state index is 13.6. The lowest BCUT2D eigenvalue weighted by Gasteiger charge is -2.17. The van der Waals surface area contributed by atoms with Gasteiger partial charge in [-0.1, -0.05) is 49.4 Å². The first-order chi connectivity index (χ1) is 20.6. The van der Waals surface area contributed by atoms with Crippen LogP contribution in [0, 0.1) is 5.82 Å². The second-order valence-electron chi connectivity index (χ2n) is 9.32. The molecule has 0 atom stereocenters. The number of nitrogens with zero attached hydrogens (tertiary/aromatic N) is 3. The van der Waals surface area contributed by atoms with Gasteiger partial charge in [-0.2, -0.15) is 13.2 Å². The van der Waals surface area contributed by atoms with Crippen molar-refractivity contribution in [3.8, 4) is 34.0 Å². The lowest BCUT2D eigenvalue weighted by atomic mass is 9.95. The van der Waals surface area contributed by atoms with Gasteiger partial charge in [0.25, 0.3) is 0 Å². The molecule has 0 aliphatic heterocycles. The van der Waals surface area contributed by atoms with Crippen LogP contribution in [0.15, 0.2) is 91.4 Å². The van der Waals surface area contributed by atoms with E-state index in [1.54, 1.807) is 36.4 Å². The van der Waals surface area contributed by atoms with E-state index in [9.17, 15) is 22.4 Å². The summed E-state index contributed by atoms with van der Waals surface area (Å²) < 4.78 is 59.6. The smallest absolute Gasteiger partial charge is 0.416 e. The summed E-state index contributed by atoms with van der Waals surface area (Å²) in [5, 5.41) is 5.05. The number of aryl methyl sites for hydroxylation is 1. The number of carbonyl (C=O) groups is 1. The Balaban J connectivity index is 1.28. The number of aromatic nitrogens is 3. The molecule has 0 unspecified atom stereocenters. The third-order valence-corrected chi connectivity index (χ3v) is 6.43. The number of nitrogens with one attached hydrogen (secondary N) is 2. The lowest BCUT2D eigenvalue weighted by Crippen LogP contribution is -2.20. The molecule has 0 saturated heterocycles. The van der Waals surface area contributed by atoms with Gasteiger partial charge in [0.15, 0.2) is 0 Å². The number of alkyl halides is 3. The van der Waals surface area contributed by atoms with Gasteiger partial charge >= 0.3 is 18.2 Å². The lowest BCUT2D eigenvalue weighted by molar-refractivity contribution is -0.137. The molecule has 0 spiro atoms. The molecule has 12 heteroatoms. The number of anilines is 3. The molecule has 2 aromatic heterocycles. The SMILES string of the molecule is CCc1ccccc1-c1ccc(C(F)(F)F)cc1NC(=O)Nc1cnc(Oc2ccc(-c3cc(F)cnc3N)cc2)nc1. The third kappa shape index (κ3) is 6.87. The molecule has 3 aromatic carbocycles. The highest BCUT2D eigenvalue weighted by Gasteiger charge is 2.31. The highest BCUT2D eigenvalue weighted by molar-refractivity contribution is 6.02. The first-order valence-corrected chi connectivity index (χ1v) is 13.0. The second-order valence-corrected chi connectivity index (χ2v) is 9.32. The zero-order valence-corrected chi connectivity index (χ0v) is 22.6. The van der Waals surface area contributed by atoms with Crippen LogP contribution in [0.4, 0.5) is 39.5 Å². The van der Waals surface area contributed by atoms with Crippen molar-refractivity contribution in [2.45, 2.75) is 19.5 Å². The van der Waals surface area contributed by atoms with Crippen LogP contribution in [0.3, 0.4) is 0 Å². The Morgan fingerprint density at radius 3 is 2.28 bits per heavy atom. The molecule has 2 amide bonds. The monoisotopic (exact) mass is 588 g/mol. The van der Waals surface area contributed by atoms with Crippen molar-refractivity contribution in [2.75, 3.05) is 16.4 Å². The Morgan fingerprint density at radius 1 is 0.860 bits per heavy atom. The van der Waals surface area contributed by atoms with Gasteiger partial charge in [0, 0.05) is 11.1 Å². The number of carbonyl (C=O) groups excluding carboxylic acids is 1. The Labute approximate surface area is 243 Å².